The van der Waals surface area contributed by atoms with E-state index in [1.165, 1.54) is 5.56 Å². The third-order valence-corrected chi connectivity index (χ3v) is 5.07. The lowest BCUT2D eigenvalue weighted by molar-refractivity contribution is -0.149. The van der Waals surface area contributed by atoms with E-state index in [1.54, 1.807) is 17.0 Å². The number of hydrogen-bond donors (Lipinski definition) is 0. The summed E-state index contributed by atoms with van der Waals surface area (Å²) in [5, 5.41) is 0.642. The Kier molecular flexibility index (Phi) is 6.51. The van der Waals surface area contributed by atoms with E-state index in [0.29, 0.717) is 11.6 Å². The van der Waals surface area contributed by atoms with Crippen LogP contribution in [0.5, 0.6) is 0 Å². The van der Waals surface area contributed by atoms with Crippen LogP contribution in [0.15, 0.2) is 48.5 Å². The van der Waals surface area contributed by atoms with Gasteiger partial charge in [0.05, 0.1) is 5.92 Å². The van der Waals surface area contributed by atoms with Gasteiger partial charge in [-0.3, -0.25) is 9.59 Å². The summed E-state index contributed by atoms with van der Waals surface area (Å²) < 4.78 is 5.39. The summed E-state index contributed by atoms with van der Waals surface area (Å²) in [5.41, 5.74) is 2.98. The van der Waals surface area contributed by atoms with Crippen LogP contribution in [0.3, 0.4) is 0 Å². The van der Waals surface area contributed by atoms with Gasteiger partial charge in [-0.05, 0) is 48.2 Å². The Bertz CT molecular complexity index is 786. The highest BCUT2D eigenvalue weighted by Gasteiger charge is 2.36. The molecule has 0 aliphatic carbocycles. The van der Waals surface area contributed by atoms with Crippen molar-refractivity contribution in [3.8, 4) is 0 Å². The second kappa shape index (κ2) is 9.05. The average molecular weight is 386 g/mol. The van der Waals surface area contributed by atoms with Crippen molar-refractivity contribution in [3.05, 3.63) is 64.7 Å². The summed E-state index contributed by atoms with van der Waals surface area (Å²) in [5.74, 6) is -0.797. The third-order valence-electron chi connectivity index (χ3n) is 4.82. The molecule has 3 rings (SSSR count). The lowest BCUT2D eigenvalue weighted by atomic mass is 10.1. The first-order valence-corrected chi connectivity index (χ1v) is 9.75. The summed E-state index contributed by atoms with van der Waals surface area (Å²) in [4.78, 5) is 26.4. The molecule has 27 heavy (non-hydrogen) atoms. The monoisotopic (exact) mass is 385 g/mol. The minimum absolute atomic E-state index is 0.0373. The molecule has 0 saturated carbocycles. The molecule has 1 amide bonds. The number of hydrogen-bond acceptors (Lipinski definition) is 3. The highest BCUT2D eigenvalue weighted by molar-refractivity contribution is 6.30. The zero-order valence-electron chi connectivity index (χ0n) is 15.5. The molecule has 1 aliphatic rings. The molecule has 2 aromatic carbocycles. The Morgan fingerprint density at radius 3 is 2.44 bits per heavy atom. The molecule has 1 heterocycles. The minimum Gasteiger partial charge on any atom is -0.461 e. The Labute approximate surface area is 165 Å². The van der Waals surface area contributed by atoms with Gasteiger partial charge in [-0.1, -0.05) is 49.2 Å². The third kappa shape index (κ3) is 5.10. The van der Waals surface area contributed by atoms with Gasteiger partial charge in [-0.25, -0.2) is 0 Å². The molecular formula is C22H24ClNO3. The van der Waals surface area contributed by atoms with E-state index in [1.807, 2.05) is 24.3 Å². The molecule has 1 aliphatic heterocycles. The van der Waals surface area contributed by atoms with E-state index in [-0.39, 0.29) is 24.9 Å². The van der Waals surface area contributed by atoms with E-state index in [9.17, 15) is 9.59 Å². The van der Waals surface area contributed by atoms with Crippen LogP contribution in [0.4, 0.5) is 5.69 Å². The molecule has 0 bridgehead atoms. The molecule has 1 fully saturated rings. The first-order valence-electron chi connectivity index (χ1n) is 9.37. The highest BCUT2D eigenvalue weighted by Crippen LogP contribution is 2.26. The van der Waals surface area contributed by atoms with E-state index in [4.69, 9.17) is 16.3 Å². The van der Waals surface area contributed by atoms with Gasteiger partial charge in [0, 0.05) is 23.7 Å². The molecule has 0 spiro atoms. The quantitative estimate of drug-likeness (QED) is 0.644. The zero-order valence-corrected chi connectivity index (χ0v) is 16.2. The standard InChI is InChI=1S/C22H24ClNO3/c1-2-3-4-16-7-11-20(12-8-16)24-14-18(13-21(24)25)22(26)27-15-17-5-9-19(23)10-6-17/h5-12,18H,2-4,13-15H2,1H3. The largest absolute Gasteiger partial charge is 0.461 e. The van der Waals surface area contributed by atoms with E-state index in [0.717, 1.165) is 30.5 Å². The predicted molar refractivity (Wildman–Crippen MR) is 107 cm³/mol. The summed E-state index contributed by atoms with van der Waals surface area (Å²) in [6.07, 6.45) is 3.55. The van der Waals surface area contributed by atoms with Crippen LogP contribution < -0.4 is 4.90 Å². The molecule has 4 nitrogen and oxygen atoms in total. The summed E-state index contributed by atoms with van der Waals surface area (Å²) in [6, 6.07) is 15.2. The average Bonchev–Trinajstić information content (AvgIpc) is 3.08. The molecule has 1 unspecified atom stereocenters. The number of aryl methyl sites for hydroxylation is 1. The molecule has 1 atom stereocenters. The second-order valence-corrected chi connectivity index (χ2v) is 7.35. The van der Waals surface area contributed by atoms with Crippen molar-refractivity contribution >= 4 is 29.2 Å². The molecule has 0 radical (unpaired) electrons. The predicted octanol–water partition coefficient (Wildman–Crippen LogP) is 4.78. The minimum atomic E-state index is -0.426. The number of carbonyl (C=O) groups excluding carboxylic acids is 2. The Hall–Kier alpha value is -2.33. The van der Waals surface area contributed by atoms with Gasteiger partial charge in [0.1, 0.15) is 6.61 Å². The highest BCUT2D eigenvalue weighted by atomic mass is 35.5. The van der Waals surface area contributed by atoms with Crippen LogP contribution >= 0.6 is 11.6 Å². The number of rotatable bonds is 7. The summed E-state index contributed by atoms with van der Waals surface area (Å²) >= 11 is 5.85. The maximum Gasteiger partial charge on any atom is 0.311 e. The summed E-state index contributed by atoms with van der Waals surface area (Å²) in [6.45, 7) is 2.73. The lowest BCUT2D eigenvalue weighted by Gasteiger charge is -2.17. The Morgan fingerprint density at radius 2 is 1.78 bits per heavy atom. The van der Waals surface area contributed by atoms with Crippen molar-refractivity contribution in [1.29, 1.82) is 0 Å². The number of nitrogens with zero attached hydrogens (tertiary/aromatic N) is 1. The van der Waals surface area contributed by atoms with Crippen molar-refractivity contribution in [2.45, 2.75) is 39.2 Å². The first kappa shape index (κ1) is 19.4. The normalized spacial score (nSPS) is 16.6. The smallest absolute Gasteiger partial charge is 0.311 e. The van der Waals surface area contributed by atoms with Crippen LogP contribution in [0, 0.1) is 5.92 Å². The van der Waals surface area contributed by atoms with Crippen LogP contribution in [-0.4, -0.2) is 18.4 Å². The zero-order chi connectivity index (χ0) is 19.2. The molecule has 142 valence electrons. The maximum atomic E-state index is 12.4. The van der Waals surface area contributed by atoms with E-state index in [2.05, 4.69) is 19.1 Å². The van der Waals surface area contributed by atoms with Crippen LogP contribution in [-0.2, 0) is 27.4 Å². The Morgan fingerprint density at radius 1 is 1.11 bits per heavy atom. The van der Waals surface area contributed by atoms with E-state index >= 15 is 0 Å². The molecular weight excluding hydrogens is 362 g/mol. The number of ether oxygens (including phenoxy) is 1. The summed E-state index contributed by atoms with van der Waals surface area (Å²) in [7, 11) is 0. The van der Waals surface area contributed by atoms with Gasteiger partial charge in [-0.2, -0.15) is 0 Å². The van der Waals surface area contributed by atoms with Gasteiger partial charge in [0.15, 0.2) is 0 Å². The molecule has 1 saturated heterocycles. The van der Waals surface area contributed by atoms with Gasteiger partial charge in [-0.15, -0.1) is 0 Å². The van der Waals surface area contributed by atoms with Crippen molar-refractivity contribution in [2.24, 2.45) is 5.92 Å². The van der Waals surface area contributed by atoms with Crippen molar-refractivity contribution in [3.63, 3.8) is 0 Å². The van der Waals surface area contributed by atoms with Crippen molar-refractivity contribution < 1.29 is 14.3 Å². The molecule has 5 heteroatoms. The lowest BCUT2D eigenvalue weighted by Crippen LogP contribution is -2.26. The molecule has 2 aromatic rings. The fourth-order valence-electron chi connectivity index (χ4n) is 3.19. The molecule has 0 N–H and O–H groups in total. The fraction of sp³-hybridized carbons (Fsp3) is 0.364. The van der Waals surface area contributed by atoms with Crippen molar-refractivity contribution in [1.82, 2.24) is 0 Å². The number of anilines is 1. The number of unbranched alkanes of at least 4 members (excludes halogenated alkanes) is 1. The topological polar surface area (TPSA) is 46.6 Å². The number of carbonyl (C=O) groups is 2. The maximum absolute atomic E-state index is 12.4. The van der Waals surface area contributed by atoms with Crippen LogP contribution in [0.1, 0.15) is 37.3 Å². The second-order valence-electron chi connectivity index (χ2n) is 6.91. The van der Waals surface area contributed by atoms with Crippen molar-refractivity contribution in [2.75, 3.05) is 11.4 Å². The van der Waals surface area contributed by atoms with Gasteiger partial charge in [0.2, 0.25) is 5.91 Å². The first-order chi connectivity index (χ1) is 13.1. The number of benzene rings is 2. The van der Waals surface area contributed by atoms with Gasteiger partial charge in [0.25, 0.3) is 0 Å². The van der Waals surface area contributed by atoms with Gasteiger partial charge >= 0.3 is 5.97 Å². The fourth-order valence-corrected chi connectivity index (χ4v) is 3.32. The Balaban J connectivity index is 1.56. The SMILES string of the molecule is CCCCc1ccc(N2CC(C(=O)OCc3ccc(Cl)cc3)CC2=O)cc1. The van der Waals surface area contributed by atoms with Crippen LogP contribution in [0.2, 0.25) is 5.02 Å². The van der Waals surface area contributed by atoms with E-state index < -0.39 is 5.92 Å². The van der Waals surface area contributed by atoms with Gasteiger partial charge < -0.3 is 9.64 Å². The number of esters is 1. The van der Waals surface area contributed by atoms with Crippen LogP contribution in [0.25, 0.3) is 0 Å². The molecule has 0 aromatic heterocycles. The number of amides is 1. The number of halogens is 1.